The molecule has 0 radical (unpaired) electrons. The van der Waals surface area contributed by atoms with Crippen molar-refractivity contribution < 1.29 is 5.11 Å². The number of aliphatic hydroxyl groups excluding tert-OH is 1. The van der Waals surface area contributed by atoms with Gasteiger partial charge in [-0.2, -0.15) is 0 Å². The topological polar surface area (TPSA) is 20.2 Å². The first-order valence-electron chi connectivity index (χ1n) is 5.66. The highest BCUT2D eigenvalue weighted by Crippen LogP contribution is 2.38. The monoisotopic (exact) mass is 206 g/mol. The molecule has 15 heavy (non-hydrogen) atoms. The highest BCUT2D eigenvalue weighted by atomic mass is 16.3. The van der Waals surface area contributed by atoms with Crippen molar-refractivity contribution in [3.8, 4) is 0 Å². The summed E-state index contributed by atoms with van der Waals surface area (Å²) in [5.74, 6) is 0.610. The average molecular weight is 206 g/mol. The standard InChI is InChI=1S/C14H22O/c1-11(2)10-14(3,4)13(15)12-8-6-5-7-9-12/h5-9,11,13,15H,10H2,1-4H3. The molecule has 1 atom stereocenters. The quantitative estimate of drug-likeness (QED) is 0.794. The van der Waals surface area contributed by atoms with Gasteiger partial charge in [0.25, 0.3) is 0 Å². The smallest absolute Gasteiger partial charge is 0.0841 e. The van der Waals surface area contributed by atoms with Crippen molar-refractivity contribution in [2.75, 3.05) is 0 Å². The molecule has 0 aromatic heterocycles. The molecule has 0 amide bonds. The van der Waals surface area contributed by atoms with Crippen LogP contribution in [0.15, 0.2) is 30.3 Å². The first kappa shape index (κ1) is 12.3. The van der Waals surface area contributed by atoms with Gasteiger partial charge in [-0.05, 0) is 23.3 Å². The van der Waals surface area contributed by atoms with Gasteiger partial charge in [0, 0.05) is 0 Å². The van der Waals surface area contributed by atoms with Crippen LogP contribution in [0.3, 0.4) is 0 Å². The highest BCUT2D eigenvalue weighted by molar-refractivity contribution is 5.19. The third-order valence-electron chi connectivity index (χ3n) is 2.79. The Kier molecular flexibility index (Phi) is 3.92. The van der Waals surface area contributed by atoms with Crippen molar-refractivity contribution in [1.82, 2.24) is 0 Å². The lowest BCUT2D eigenvalue weighted by Crippen LogP contribution is -2.23. The molecule has 0 bridgehead atoms. The minimum atomic E-state index is -0.374. The number of aliphatic hydroxyl groups is 1. The van der Waals surface area contributed by atoms with Gasteiger partial charge in [0.05, 0.1) is 6.10 Å². The van der Waals surface area contributed by atoms with E-state index in [4.69, 9.17) is 0 Å². The molecular formula is C14H22O. The minimum Gasteiger partial charge on any atom is -0.388 e. The first-order valence-corrected chi connectivity index (χ1v) is 5.66. The van der Waals surface area contributed by atoms with Crippen molar-refractivity contribution in [1.29, 1.82) is 0 Å². The summed E-state index contributed by atoms with van der Waals surface area (Å²) in [4.78, 5) is 0. The molecule has 0 heterocycles. The molecule has 1 rings (SSSR count). The van der Waals surface area contributed by atoms with Crippen LogP contribution in [-0.2, 0) is 0 Å². The van der Waals surface area contributed by atoms with Gasteiger partial charge in [-0.15, -0.1) is 0 Å². The summed E-state index contributed by atoms with van der Waals surface area (Å²) in [6.45, 7) is 8.65. The lowest BCUT2D eigenvalue weighted by molar-refractivity contribution is 0.0341. The Morgan fingerprint density at radius 3 is 2.13 bits per heavy atom. The summed E-state index contributed by atoms with van der Waals surface area (Å²) in [6, 6.07) is 9.92. The van der Waals surface area contributed by atoms with Gasteiger partial charge < -0.3 is 5.11 Å². The third kappa shape index (κ3) is 3.35. The van der Waals surface area contributed by atoms with E-state index in [0.717, 1.165) is 12.0 Å². The van der Waals surface area contributed by atoms with Crippen LogP contribution in [0.4, 0.5) is 0 Å². The van der Waals surface area contributed by atoms with E-state index in [0.29, 0.717) is 5.92 Å². The summed E-state index contributed by atoms with van der Waals surface area (Å²) in [6.07, 6.45) is 0.657. The van der Waals surface area contributed by atoms with Gasteiger partial charge in [0.15, 0.2) is 0 Å². The summed E-state index contributed by atoms with van der Waals surface area (Å²) >= 11 is 0. The van der Waals surface area contributed by atoms with Gasteiger partial charge in [-0.1, -0.05) is 58.0 Å². The molecule has 1 nitrogen and oxygen atoms in total. The van der Waals surface area contributed by atoms with Crippen molar-refractivity contribution in [2.45, 2.75) is 40.2 Å². The summed E-state index contributed by atoms with van der Waals surface area (Å²) in [7, 11) is 0. The van der Waals surface area contributed by atoms with Gasteiger partial charge in [-0.3, -0.25) is 0 Å². The Morgan fingerprint density at radius 2 is 1.67 bits per heavy atom. The van der Waals surface area contributed by atoms with Crippen molar-refractivity contribution in [3.05, 3.63) is 35.9 Å². The molecule has 0 saturated carbocycles. The lowest BCUT2D eigenvalue weighted by atomic mass is 9.76. The maximum Gasteiger partial charge on any atom is 0.0841 e. The van der Waals surface area contributed by atoms with Crippen LogP contribution in [0.1, 0.15) is 45.8 Å². The predicted octanol–water partition coefficient (Wildman–Crippen LogP) is 3.79. The summed E-state index contributed by atoms with van der Waals surface area (Å²) in [5, 5.41) is 10.3. The molecule has 1 aromatic rings. The van der Waals surface area contributed by atoms with Crippen molar-refractivity contribution in [3.63, 3.8) is 0 Å². The van der Waals surface area contributed by atoms with Gasteiger partial charge in [-0.25, -0.2) is 0 Å². The highest BCUT2D eigenvalue weighted by Gasteiger charge is 2.29. The fourth-order valence-corrected chi connectivity index (χ4v) is 2.25. The van der Waals surface area contributed by atoms with E-state index < -0.39 is 0 Å². The number of rotatable bonds is 4. The Morgan fingerprint density at radius 1 is 1.13 bits per heavy atom. The first-order chi connectivity index (χ1) is 6.93. The molecule has 1 N–H and O–H groups in total. The molecule has 84 valence electrons. The number of benzene rings is 1. The van der Waals surface area contributed by atoms with E-state index in [1.54, 1.807) is 0 Å². The molecule has 1 heteroatoms. The Bertz CT molecular complexity index is 287. The van der Waals surface area contributed by atoms with Gasteiger partial charge in [0.1, 0.15) is 0 Å². The zero-order chi connectivity index (χ0) is 11.5. The Labute approximate surface area is 93.1 Å². The molecule has 0 aliphatic carbocycles. The fraction of sp³-hybridized carbons (Fsp3) is 0.571. The number of hydrogen-bond donors (Lipinski definition) is 1. The van der Waals surface area contributed by atoms with Crippen molar-refractivity contribution in [2.24, 2.45) is 11.3 Å². The van der Waals surface area contributed by atoms with Crippen LogP contribution in [0.2, 0.25) is 0 Å². The second kappa shape index (κ2) is 4.80. The summed E-state index contributed by atoms with van der Waals surface area (Å²) < 4.78 is 0. The molecule has 0 aliphatic heterocycles. The van der Waals surface area contributed by atoms with E-state index in [-0.39, 0.29) is 11.5 Å². The maximum atomic E-state index is 10.3. The van der Waals surface area contributed by atoms with Crippen LogP contribution < -0.4 is 0 Å². The van der Waals surface area contributed by atoms with Crippen LogP contribution in [0.25, 0.3) is 0 Å². The fourth-order valence-electron chi connectivity index (χ4n) is 2.25. The SMILES string of the molecule is CC(C)CC(C)(C)C(O)c1ccccc1. The third-order valence-corrected chi connectivity index (χ3v) is 2.79. The normalized spacial score (nSPS) is 14.3. The molecule has 1 unspecified atom stereocenters. The zero-order valence-electron chi connectivity index (χ0n) is 10.2. The van der Waals surface area contributed by atoms with Crippen LogP contribution >= 0.6 is 0 Å². The maximum absolute atomic E-state index is 10.3. The lowest BCUT2D eigenvalue weighted by Gasteiger charge is -2.32. The van der Waals surface area contributed by atoms with Crippen molar-refractivity contribution >= 4 is 0 Å². The molecule has 0 saturated heterocycles. The van der Waals surface area contributed by atoms with E-state index in [9.17, 15) is 5.11 Å². The van der Waals surface area contributed by atoms with E-state index in [1.807, 2.05) is 30.3 Å². The van der Waals surface area contributed by atoms with E-state index >= 15 is 0 Å². The largest absolute Gasteiger partial charge is 0.388 e. The molecule has 0 fully saturated rings. The van der Waals surface area contributed by atoms with E-state index in [2.05, 4.69) is 27.7 Å². The predicted molar refractivity (Wildman–Crippen MR) is 64.6 cm³/mol. The molecule has 1 aromatic carbocycles. The summed E-state index contributed by atoms with van der Waals surface area (Å²) in [5.41, 5.74) is 0.957. The molecular weight excluding hydrogens is 184 g/mol. The second-order valence-corrected chi connectivity index (χ2v) is 5.40. The number of hydrogen-bond acceptors (Lipinski definition) is 1. The van der Waals surface area contributed by atoms with E-state index in [1.165, 1.54) is 0 Å². The molecule has 0 spiro atoms. The average Bonchev–Trinajstić information content (AvgIpc) is 2.16. The van der Waals surface area contributed by atoms with Gasteiger partial charge in [0.2, 0.25) is 0 Å². The van der Waals surface area contributed by atoms with Gasteiger partial charge >= 0.3 is 0 Å². The van der Waals surface area contributed by atoms with Crippen LogP contribution in [0.5, 0.6) is 0 Å². The Balaban J connectivity index is 2.79. The van der Waals surface area contributed by atoms with Crippen LogP contribution in [-0.4, -0.2) is 5.11 Å². The second-order valence-electron chi connectivity index (χ2n) is 5.40. The Hall–Kier alpha value is -0.820. The van der Waals surface area contributed by atoms with Crippen LogP contribution in [0, 0.1) is 11.3 Å². The minimum absolute atomic E-state index is 0.0600. The zero-order valence-corrected chi connectivity index (χ0v) is 10.2. The molecule has 0 aliphatic rings.